The molecule has 0 aromatic heterocycles. The minimum atomic E-state index is -0.444. The molecule has 3 aromatic rings. The summed E-state index contributed by atoms with van der Waals surface area (Å²) < 4.78 is 4.79. The predicted octanol–water partition coefficient (Wildman–Crippen LogP) is 4.37. The number of benzene rings is 3. The second-order valence-corrected chi connectivity index (χ2v) is 9.47. The van der Waals surface area contributed by atoms with Crippen molar-refractivity contribution in [2.75, 3.05) is 20.2 Å². The molecule has 0 spiro atoms. The molecule has 1 fully saturated rings. The molecule has 194 valence electrons. The van der Waals surface area contributed by atoms with Gasteiger partial charge in [0.2, 0.25) is 5.91 Å². The Balaban J connectivity index is 1.41. The number of aryl methyl sites for hydroxylation is 1. The first-order valence-corrected chi connectivity index (χ1v) is 12.8. The largest absolute Gasteiger partial charge is 0.469 e. The highest BCUT2D eigenvalue weighted by molar-refractivity contribution is 5.95. The van der Waals surface area contributed by atoms with Crippen LogP contribution in [0, 0.1) is 17.2 Å². The quantitative estimate of drug-likeness (QED) is 0.409. The lowest BCUT2D eigenvalue weighted by atomic mass is 10.0. The van der Waals surface area contributed by atoms with Gasteiger partial charge in [-0.1, -0.05) is 54.6 Å². The zero-order valence-electron chi connectivity index (χ0n) is 21.4. The number of ether oxygens (including phenoxy) is 1. The molecule has 2 amide bonds. The van der Waals surface area contributed by atoms with Crippen molar-refractivity contribution < 1.29 is 19.1 Å². The number of nitriles is 1. The monoisotopic (exact) mass is 509 g/mol. The summed E-state index contributed by atoms with van der Waals surface area (Å²) in [5, 5.41) is 12.0. The van der Waals surface area contributed by atoms with E-state index in [0.29, 0.717) is 30.6 Å². The van der Waals surface area contributed by atoms with Crippen LogP contribution in [0.5, 0.6) is 0 Å². The van der Waals surface area contributed by atoms with E-state index in [9.17, 15) is 14.4 Å². The molecule has 2 atom stereocenters. The molecule has 38 heavy (non-hydrogen) atoms. The standard InChI is InChI=1S/C31H31N3O4/c1-38-29(35)19-27-18-28(34(31(27)37)16-6-9-22-7-3-2-4-8-22)21-33-30(36)26-11-5-10-25(17-26)24-14-12-23(20-32)13-15-24/h2-5,7-8,10-15,17,27-28H,6,9,16,18-19,21H2,1H3,(H,33,36)/t27-,28-/m0/s1. The van der Waals surface area contributed by atoms with E-state index in [4.69, 9.17) is 10.00 Å². The first kappa shape index (κ1) is 26.6. The molecule has 7 heteroatoms. The van der Waals surface area contributed by atoms with Crippen LogP contribution in [-0.2, 0) is 20.7 Å². The lowest BCUT2D eigenvalue weighted by molar-refractivity contribution is -0.144. The minimum Gasteiger partial charge on any atom is -0.469 e. The summed E-state index contributed by atoms with van der Waals surface area (Å²) in [5.74, 6) is -1.14. The first-order valence-electron chi connectivity index (χ1n) is 12.8. The Hall–Kier alpha value is -4.44. The number of likely N-dealkylation sites (tertiary alicyclic amines) is 1. The van der Waals surface area contributed by atoms with Crippen LogP contribution in [0.25, 0.3) is 11.1 Å². The highest BCUT2D eigenvalue weighted by Crippen LogP contribution is 2.28. The third kappa shape index (κ3) is 6.65. The van der Waals surface area contributed by atoms with Crippen LogP contribution in [-0.4, -0.2) is 48.9 Å². The minimum absolute atomic E-state index is 0.0433. The number of esters is 1. The molecule has 1 N–H and O–H groups in total. The molecule has 1 aliphatic rings. The summed E-state index contributed by atoms with van der Waals surface area (Å²) in [6.07, 6.45) is 2.16. The SMILES string of the molecule is COC(=O)C[C@@H]1C[C@@H](CNC(=O)c2cccc(-c3ccc(C#N)cc3)c2)N(CCCc2ccccc2)C1=O. The van der Waals surface area contributed by atoms with E-state index in [-0.39, 0.29) is 24.3 Å². The molecule has 0 bridgehead atoms. The van der Waals surface area contributed by atoms with E-state index >= 15 is 0 Å². The summed E-state index contributed by atoms with van der Waals surface area (Å²) >= 11 is 0. The van der Waals surface area contributed by atoms with Crippen molar-refractivity contribution in [2.24, 2.45) is 5.92 Å². The number of hydrogen-bond acceptors (Lipinski definition) is 5. The zero-order chi connectivity index (χ0) is 26.9. The van der Waals surface area contributed by atoms with Crippen LogP contribution in [0.15, 0.2) is 78.9 Å². The molecule has 0 radical (unpaired) electrons. The summed E-state index contributed by atoms with van der Waals surface area (Å²) in [6, 6.07) is 26.5. The Kier molecular flexibility index (Phi) is 8.89. The maximum atomic E-state index is 13.2. The number of nitrogens with zero attached hydrogens (tertiary/aromatic N) is 2. The topological polar surface area (TPSA) is 99.5 Å². The number of rotatable bonds is 10. The van der Waals surface area contributed by atoms with Crippen molar-refractivity contribution in [1.82, 2.24) is 10.2 Å². The highest BCUT2D eigenvalue weighted by atomic mass is 16.5. The van der Waals surface area contributed by atoms with Gasteiger partial charge in [0.05, 0.1) is 31.1 Å². The molecular weight excluding hydrogens is 478 g/mol. The molecule has 7 nitrogen and oxygen atoms in total. The number of methoxy groups -OCH3 is 1. The van der Waals surface area contributed by atoms with Crippen molar-refractivity contribution in [3.8, 4) is 17.2 Å². The van der Waals surface area contributed by atoms with E-state index in [1.54, 1.807) is 18.2 Å². The second kappa shape index (κ2) is 12.7. The normalized spacial score (nSPS) is 16.6. The lowest BCUT2D eigenvalue weighted by Crippen LogP contribution is -2.42. The number of amides is 2. The van der Waals surface area contributed by atoms with Crippen molar-refractivity contribution in [3.63, 3.8) is 0 Å². The summed E-state index contributed by atoms with van der Waals surface area (Å²) in [6.45, 7) is 0.856. The van der Waals surface area contributed by atoms with Gasteiger partial charge in [-0.15, -0.1) is 0 Å². The third-order valence-corrected chi connectivity index (χ3v) is 6.95. The van der Waals surface area contributed by atoms with E-state index in [0.717, 1.165) is 24.0 Å². The van der Waals surface area contributed by atoms with Gasteiger partial charge >= 0.3 is 5.97 Å². The first-order chi connectivity index (χ1) is 18.5. The molecular formula is C31H31N3O4. The molecule has 0 aliphatic carbocycles. The predicted molar refractivity (Wildman–Crippen MR) is 144 cm³/mol. The van der Waals surface area contributed by atoms with Gasteiger partial charge in [0.25, 0.3) is 5.91 Å². The van der Waals surface area contributed by atoms with Gasteiger partial charge in [0.15, 0.2) is 0 Å². The highest BCUT2D eigenvalue weighted by Gasteiger charge is 2.40. The summed E-state index contributed by atoms with van der Waals surface area (Å²) in [5.41, 5.74) is 4.08. The number of nitrogens with one attached hydrogen (secondary N) is 1. The maximum absolute atomic E-state index is 13.2. The smallest absolute Gasteiger partial charge is 0.306 e. The Morgan fingerprint density at radius 1 is 1.03 bits per heavy atom. The number of carbonyl (C=O) groups excluding carboxylic acids is 3. The van der Waals surface area contributed by atoms with Crippen LogP contribution in [0.2, 0.25) is 0 Å². The van der Waals surface area contributed by atoms with E-state index in [2.05, 4.69) is 23.5 Å². The van der Waals surface area contributed by atoms with E-state index < -0.39 is 11.9 Å². The second-order valence-electron chi connectivity index (χ2n) is 9.47. The number of hydrogen-bond donors (Lipinski definition) is 1. The zero-order valence-corrected chi connectivity index (χ0v) is 21.4. The molecule has 1 heterocycles. The van der Waals surface area contributed by atoms with Crippen LogP contribution in [0.1, 0.15) is 40.7 Å². The fraction of sp³-hybridized carbons (Fsp3) is 0.290. The van der Waals surface area contributed by atoms with Crippen LogP contribution in [0.4, 0.5) is 0 Å². The van der Waals surface area contributed by atoms with Gasteiger partial charge in [0, 0.05) is 24.7 Å². The van der Waals surface area contributed by atoms with Crippen LogP contribution < -0.4 is 5.32 Å². The molecule has 0 unspecified atom stereocenters. The van der Waals surface area contributed by atoms with Crippen molar-refractivity contribution in [2.45, 2.75) is 31.7 Å². The van der Waals surface area contributed by atoms with Crippen molar-refractivity contribution in [1.29, 1.82) is 5.26 Å². The van der Waals surface area contributed by atoms with Crippen molar-refractivity contribution >= 4 is 17.8 Å². The average molecular weight is 510 g/mol. The Morgan fingerprint density at radius 3 is 2.50 bits per heavy atom. The fourth-order valence-electron chi connectivity index (χ4n) is 4.90. The third-order valence-electron chi connectivity index (χ3n) is 6.95. The van der Waals surface area contributed by atoms with E-state index in [1.807, 2.05) is 53.4 Å². The molecule has 1 aliphatic heterocycles. The van der Waals surface area contributed by atoms with Gasteiger partial charge in [-0.2, -0.15) is 5.26 Å². The molecule has 4 rings (SSSR count). The summed E-state index contributed by atoms with van der Waals surface area (Å²) in [4.78, 5) is 39.9. The summed E-state index contributed by atoms with van der Waals surface area (Å²) in [7, 11) is 1.32. The lowest BCUT2D eigenvalue weighted by Gasteiger charge is -2.25. The van der Waals surface area contributed by atoms with Gasteiger partial charge in [-0.05, 0) is 60.2 Å². The van der Waals surface area contributed by atoms with Gasteiger partial charge in [0.1, 0.15) is 0 Å². The maximum Gasteiger partial charge on any atom is 0.306 e. The Morgan fingerprint density at radius 2 is 1.79 bits per heavy atom. The van der Waals surface area contributed by atoms with E-state index in [1.165, 1.54) is 12.7 Å². The molecule has 0 saturated carbocycles. The number of carbonyl (C=O) groups is 3. The Labute approximate surface area is 223 Å². The van der Waals surface area contributed by atoms with Gasteiger partial charge in [-0.25, -0.2) is 0 Å². The Bertz CT molecular complexity index is 1310. The van der Waals surface area contributed by atoms with Crippen LogP contribution in [0.3, 0.4) is 0 Å². The average Bonchev–Trinajstić information content (AvgIpc) is 3.25. The van der Waals surface area contributed by atoms with Crippen molar-refractivity contribution in [3.05, 3.63) is 95.6 Å². The molecule has 1 saturated heterocycles. The van der Waals surface area contributed by atoms with Gasteiger partial charge in [-0.3, -0.25) is 14.4 Å². The van der Waals surface area contributed by atoms with Crippen LogP contribution >= 0.6 is 0 Å². The van der Waals surface area contributed by atoms with Gasteiger partial charge < -0.3 is 15.0 Å². The molecule has 3 aromatic carbocycles. The fourth-order valence-corrected chi connectivity index (χ4v) is 4.90.